The third-order valence-electron chi connectivity index (χ3n) is 2.84. The average molecular weight is 233 g/mol. The van der Waals surface area contributed by atoms with Gasteiger partial charge in [0.15, 0.2) is 5.78 Å². The second kappa shape index (κ2) is 4.57. The Hall–Kier alpha value is -1.84. The van der Waals surface area contributed by atoms with Crippen LogP contribution in [0.25, 0.3) is 0 Å². The standard InChI is InChI=1S/C13H15NO3/c1-3-4-11(15)8-5-10-9(7-13(16)14-10)12(6-8)17-2/h5-6H,3-4,7H2,1-2H3,(H,14,16). The van der Waals surface area contributed by atoms with E-state index in [2.05, 4.69) is 5.32 Å². The Kier molecular flexibility index (Phi) is 3.13. The highest BCUT2D eigenvalue weighted by Gasteiger charge is 2.23. The van der Waals surface area contributed by atoms with Gasteiger partial charge < -0.3 is 10.1 Å². The number of nitrogens with one attached hydrogen (secondary N) is 1. The minimum atomic E-state index is -0.0570. The highest BCUT2D eigenvalue weighted by molar-refractivity contribution is 6.04. The maximum absolute atomic E-state index is 11.8. The van der Waals surface area contributed by atoms with Gasteiger partial charge in [-0.1, -0.05) is 6.92 Å². The zero-order valence-electron chi connectivity index (χ0n) is 10.0. The number of carbonyl (C=O) groups excluding carboxylic acids is 2. The van der Waals surface area contributed by atoms with Crippen molar-refractivity contribution in [3.05, 3.63) is 23.3 Å². The van der Waals surface area contributed by atoms with Crippen LogP contribution in [-0.2, 0) is 11.2 Å². The van der Waals surface area contributed by atoms with Crippen molar-refractivity contribution in [1.82, 2.24) is 0 Å². The lowest BCUT2D eigenvalue weighted by molar-refractivity contribution is -0.115. The topological polar surface area (TPSA) is 55.4 Å². The van der Waals surface area contributed by atoms with Gasteiger partial charge in [-0.25, -0.2) is 0 Å². The van der Waals surface area contributed by atoms with E-state index in [0.29, 0.717) is 29.8 Å². The van der Waals surface area contributed by atoms with Gasteiger partial charge in [0.05, 0.1) is 13.5 Å². The lowest BCUT2D eigenvalue weighted by Crippen LogP contribution is -2.04. The number of Topliss-reactive ketones (excluding diaryl/α,β-unsaturated/α-hetero) is 1. The summed E-state index contributed by atoms with van der Waals surface area (Å²) in [6, 6.07) is 3.46. The largest absolute Gasteiger partial charge is 0.496 e. The van der Waals surface area contributed by atoms with Crippen molar-refractivity contribution in [3.63, 3.8) is 0 Å². The van der Waals surface area contributed by atoms with Gasteiger partial charge >= 0.3 is 0 Å². The van der Waals surface area contributed by atoms with E-state index in [-0.39, 0.29) is 11.7 Å². The normalized spacial score (nSPS) is 13.2. The van der Waals surface area contributed by atoms with Crippen molar-refractivity contribution in [2.75, 3.05) is 12.4 Å². The number of fused-ring (bicyclic) bond motifs is 1. The second-order valence-corrected chi connectivity index (χ2v) is 4.10. The number of benzene rings is 1. The number of hydrogen-bond donors (Lipinski definition) is 1. The summed E-state index contributed by atoms with van der Waals surface area (Å²) < 4.78 is 5.23. The molecule has 1 aromatic carbocycles. The maximum atomic E-state index is 11.8. The Bertz CT molecular complexity index is 480. The summed E-state index contributed by atoms with van der Waals surface area (Å²) in [4.78, 5) is 23.1. The molecule has 1 amide bonds. The summed E-state index contributed by atoms with van der Waals surface area (Å²) >= 11 is 0. The first-order valence-corrected chi connectivity index (χ1v) is 5.69. The Morgan fingerprint density at radius 2 is 2.24 bits per heavy atom. The molecule has 0 radical (unpaired) electrons. The van der Waals surface area contributed by atoms with Crippen LogP contribution in [0.15, 0.2) is 12.1 Å². The van der Waals surface area contributed by atoms with Crippen LogP contribution in [0.5, 0.6) is 5.75 Å². The van der Waals surface area contributed by atoms with Crippen molar-refractivity contribution < 1.29 is 14.3 Å². The molecular weight excluding hydrogens is 218 g/mol. The van der Waals surface area contributed by atoms with Crippen LogP contribution < -0.4 is 10.1 Å². The van der Waals surface area contributed by atoms with Crippen LogP contribution in [0.4, 0.5) is 5.69 Å². The van der Waals surface area contributed by atoms with Crippen LogP contribution in [0.2, 0.25) is 0 Å². The smallest absolute Gasteiger partial charge is 0.229 e. The number of amides is 1. The SMILES string of the molecule is CCCC(=O)c1cc2c(c(OC)c1)CC(=O)N2. The van der Waals surface area contributed by atoms with E-state index in [9.17, 15) is 9.59 Å². The van der Waals surface area contributed by atoms with E-state index in [1.54, 1.807) is 19.2 Å². The van der Waals surface area contributed by atoms with Gasteiger partial charge in [-0.2, -0.15) is 0 Å². The van der Waals surface area contributed by atoms with E-state index in [4.69, 9.17) is 4.74 Å². The monoisotopic (exact) mass is 233 g/mol. The lowest BCUT2D eigenvalue weighted by atomic mass is 10.0. The molecule has 90 valence electrons. The molecule has 0 aliphatic carbocycles. The van der Waals surface area contributed by atoms with Crippen LogP contribution in [0.1, 0.15) is 35.7 Å². The highest BCUT2D eigenvalue weighted by atomic mass is 16.5. The van der Waals surface area contributed by atoms with Crippen molar-refractivity contribution >= 4 is 17.4 Å². The predicted octanol–water partition coefficient (Wildman–Crippen LogP) is 2.17. The Morgan fingerprint density at radius 1 is 1.47 bits per heavy atom. The first-order chi connectivity index (χ1) is 8.15. The van der Waals surface area contributed by atoms with Crippen molar-refractivity contribution in [3.8, 4) is 5.75 Å². The van der Waals surface area contributed by atoms with Gasteiger partial charge in [0.2, 0.25) is 5.91 Å². The molecule has 0 fully saturated rings. The summed E-state index contributed by atoms with van der Waals surface area (Å²) in [5, 5.41) is 2.74. The van der Waals surface area contributed by atoms with Gasteiger partial charge in [0.25, 0.3) is 0 Å². The van der Waals surface area contributed by atoms with Crippen molar-refractivity contribution in [1.29, 1.82) is 0 Å². The molecule has 0 bridgehead atoms. The number of anilines is 1. The van der Waals surface area contributed by atoms with Gasteiger partial charge in [-0.15, -0.1) is 0 Å². The molecule has 2 rings (SSSR count). The second-order valence-electron chi connectivity index (χ2n) is 4.10. The molecule has 1 aromatic rings. The third kappa shape index (κ3) is 2.16. The fraction of sp³-hybridized carbons (Fsp3) is 0.385. The summed E-state index contributed by atoms with van der Waals surface area (Å²) in [5.74, 6) is 0.633. The number of methoxy groups -OCH3 is 1. The molecular formula is C13H15NO3. The molecule has 0 aromatic heterocycles. The minimum Gasteiger partial charge on any atom is -0.496 e. The molecule has 0 unspecified atom stereocenters. The molecule has 0 spiro atoms. The predicted molar refractivity (Wildman–Crippen MR) is 64.6 cm³/mol. The molecule has 0 saturated carbocycles. The molecule has 0 atom stereocenters. The zero-order chi connectivity index (χ0) is 12.4. The molecule has 1 aliphatic heterocycles. The third-order valence-corrected chi connectivity index (χ3v) is 2.84. The Balaban J connectivity index is 2.42. The first-order valence-electron chi connectivity index (χ1n) is 5.69. The van der Waals surface area contributed by atoms with Crippen molar-refractivity contribution in [2.45, 2.75) is 26.2 Å². The summed E-state index contributed by atoms with van der Waals surface area (Å²) in [6.07, 6.45) is 1.64. The van der Waals surface area contributed by atoms with Gasteiger partial charge in [0, 0.05) is 23.2 Å². The molecule has 17 heavy (non-hydrogen) atoms. The minimum absolute atomic E-state index is 0.0570. The van der Waals surface area contributed by atoms with E-state index in [0.717, 1.165) is 12.0 Å². The number of carbonyl (C=O) groups is 2. The van der Waals surface area contributed by atoms with Crippen LogP contribution in [0.3, 0.4) is 0 Å². The number of ketones is 1. The fourth-order valence-corrected chi connectivity index (χ4v) is 2.01. The number of ether oxygens (including phenoxy) is 1. The average Bonchev–Trinajstić information content (AvgIpc) is 2.68. The molecule has 1 heterocycles. The number of hydrogen-bond acceptors (Lipinski definition) is 3. The van der Waals surface area contributed by atoms with Gasteiger partial charge in [0.1, 0.15) is 5.75 Å². The lowest BCUT2D eigenvalue weighted by Gasteiger charge is -2.09. The van der Waals surface area contributed by atoms with Gasteiger partial charge in [-0.3, -0.25) is 9.59 Å². The zero-order valence-corrected chi connectivity index (χ0v) is 10.0. The molecule has 4 nitrogen and oxygen atoms in total. The highest BCUT2D eigenvalue weighted by Crippen LogP contribution is 2.33. The molecule has 0 saturated heterocycles. The fourth-order valence-electron chi connectivity index (χ4n) is 2.01. The van der Waals surface area contributed by atoms with Crippen LogP contribution in [-0.4, -0.2) is 18.8 Å². The quantitative estimate of drug-likeness (QED) is 0.811. The van der Waals surface area contributed by atoms with Crippen molar-refractivity contribution in [2.24, 2.45) is 0 Å². The molecule has 1 N–H and O–H groups in total. The van der Waals surface area contributed by atoms with Crippen LogP contribution >= 0.6 is 0 Å². The van der Waals surface area contributed by atoms with E-state index in [1.807, 2.05) is 6.92 Å². The summed E-state index contributed by atoms with van der Waals surface area (Å²) in [7, 11) is 1.55. The van der Waals surface area contributed by atoms with E-state index < -0.39 is 0 Å². The number of rotatable bonds is 4. The summed E-state index contributed by atoms with van der Waals surface area (Å²) in [5.41, 5.74) is 2.14. The van der Waals surface area contributed by atoms with E-state index in [1.165, 1.54) is 0 Å². The Labute approximate surface area is 100.0 Å². The molecule has 1 aliphatic rings. The van der Waals surface area contributed by atoms with Gasteiger partial charge in [-0.05, 0) is 18.6 Å². The maximum Gasteiger partial charge on any atom is 0.229 e. The first kappa shape index (κ1) is 11.6. The van der Waals surface area contributed by atoms with Crippen LogP contribution in [0, 0.1) is 0 Å². The summed E-state index contributed by atoms with van der Waals surface area (Å²) in [6.45, 7) is 1.96. The Morgan fingerprint density at radius 3 is 2.88 bits per heavy atom. The van der Waals surface area contributed by atoms with E-state index >= 15 is 0 Å². The molecule has 4 heteroatoms.